The van der Waals surface area contributed by atoms with E-state index in [9.17, 15) is 9.59 Å². The molecule has 0 spiro atoms. The summed E-state index contributed by atoms with van der Waals surface area (Å²) in [6, 6.07) is 5.20. The van der Waals surface area contributed by atoms with Crippen LogP contribution < -0.4 is 5.56 Å². The summed E-state index contributed by atoms with van der Waals surface area (Å²) in [5.41, 5.74) is 1.29. The lowest BCUT2D eigenvalue weighted by Crippen LogP contribution is -2.25. The summed E-state index contributed by atoms with van der Waals surface area (Å²) in [5, 5.41) is 1.57. The van der Waals surface area contributed by atoms with Gasteiger partial charge in [0.05, 0.1) is 18.0 Å². The fourth-order valence-corrected chi connectivity index (χ4v) is 4.74. The second-order valence-corrected chi connectivity index (χ2v) is 8.65. The first-order valence-corrected chi connectivity index (χ1v) is 10.6. The zero-order valence-corrected chi connectivity index (χ0v) is 18.8. The third kappa shape index (κ3) is 4.64. The van der Waals surface area contributed by atoms with Gasteiger partial charge in [-0.15, -0.1) is 11.3 Å². The van der Waals surface area contributed by atoms with Gasteiger partial charge in [-0.25, -0.2) is 9.78 Å². The van der Waals surface area contributed by atoms with Crippen LogP contribution in [0.1, 0.15) is 46.5 Å². The first-order chi connectivity index (χ1) is 13.7. The van der Waals surface area contributed by atoms with E-state index in [0.717, 1.165) is 5.56 Å². The third-order valence-electron chi connectivity index (χ3n) is 4.69. The minimum Gasteiger partial charge on any atom is -0.462 e. The number of ether oxygens (including phenoxy) is 1. The first-order valence-electron chi connectivity index (χ1n) is 9.06. The summed E-state index contributed by atoms with van der Waals surface area (Å²) in [6.07, 6.45) is 0. The number of rotatable bonds is 6. The largest absolute Gasteiger partial charge is 0.462 e. The quantitative estimate of drug-likeness (QED) is 0.533. The fraction of sp³-hybridized carbons (Fsp3) is 0.350. The highest BCUT2D eigenvalue weighted by molar-refractivity contribution is 7.20. The molecule has 154 valence electrons. The first kappa shape index (κ1) is 21.8. The average molecular weight is 454 g/mol. The van der Waals surface area contributed by atoms with Gasteiger partial charge in [-0.3, -0.25) is 9.69 Å². The number of carbonyl (C=O) groups excluding carboxylic acids is 1. The molecule has 0 radical (unpaired) electrons. The predicted octanol–water partition coefficient (Wildman–Crippen LogP) is 4.97. The van der Waals surface area contributed by atoms with E-state index >= 15 is 0 Å². The molecule has 0 aliphatic carbocycles. The Labute approximate surface area is 182 Å². The standard InChI is InChI=1S/C20H21Cl2N3O3S/c1-5-28-20(27)16-10(2)15-18(26)23-17(24-19(15)29-16)11(3)25(4)9-12-6-13(21)8-14(22)7-12/h6-8,11H,5,9H2,1-4H3,(H,23,24,26). The van der Waals surface area contributed by atoms with Crippen LogP contribution in [0.5, 0.6) is 0 Å². The van der Waals surface area contributed by atoms with E-state index in [-0.39, 0.29) is 18.2 Å². The Morgan fingerprint density at radius 2 is 1.97 bits per heavy atom. The van der Waals surface area contributed by atoms with Crippen molar-refractivity contribution in [1.82, 2.24) is 14.9 Å². The molecule has 0 amide bonds. The van der Waals surface area contributed by atoms with Crippen LogP contribution in [0.2, 0.25) is 10.0 Å². The molecule has 0 aliphatic rings. The Balaban J connectivity index is 1.92. The number of carbonyl (C=O) groups is 1. The Morgan fingerprint density at radius 1 is 1.31 bits per heavy atom. The van der Waals surface area contributed by atoms with Gasteiger partial charge >= 0.3 is 5.97 Å². The fourth-order valence-electron chi connectivity index (χ4n) is 3.09. The van der Waals surface area contributed by atoms with E-state index < -0.39 is 5.97 Å². The predicted molar refractivity (Wildman–Crippen MR) is 117 cm³/mol. The lowest BCUT2D eigenvalue weighted by Gasteiger charge is -2.24. The number of hydrogen-bond donors (Lipinski definition) is 1. The van der Waals surface area contributed by atoms with E-state index in [0.29, 0.717) is 43.1 Å². The van der Waals surface area contributed by atoms with Crippen molar-refractivity contribution in [2.24, 2.45) is 0 Å². The topological polar surface area (TPSA) is 75.3 Å². The lowest BCUT2D eigenvalue weighted by molar-refractivity contribution is 0.0531. The number of fused-ring (bicyclic) bond motifs is 1. The lowest BCUT2D eigenvalue weighted by atomic mass is 10.1. The van der Waals surface area contributed by atoms with Crippen molar-refractivity contribution < 1.29 is 9.53 Å². The van der Waals surface area contributed by atoms with E-state index in [1.54, 1.807) is 19.9 Å². The molecule has 1 N–H and O–H groups in total. The molecule has 0 aliphatic heterocycles. The minimum atomic E-state index is -0.433. The molecular weight excluding hydrogens is 433 g/mol. The smallest absolute Gasteiger partial charge is 0.348 e. The summed E-state index contributed by atoms with van der Waals surface area (Å²) >= 11 is 13.3. The van der Waals surface area contributed by atoms with Crippen LogP contribution in [0.25, 0.3) is 10.2 Å². The zero-order chi connectivity index (χ0) is 21.3. The van der Waals surface area contributed by atoms with Crippen LogP contribution >= 0.6 is 34.5 Å². The summed E-state index contributed by atoms with van der Waals surface area (Å²) in [6.45, 7) is 6.27. The number of aromatic nitrogens is 2. The Kier molecular flexibility index (Phi) is 6.63. The van der Waals surface area contributed by atoms with Gasteiger partial charge in [0.15, 0.2) is 0 Å². The maximum absolute atomic E-state index is 12.7. The maximum Gasteiger partial charge on any atom is 0.348 e. The van der Waals surface area contributed by atoms with Crippen LogP contribution in [0.3, 0.4) is 0 Å². The van der Waals surface area contributed by atoms with Gasteiger partial charge in [0.25, 0.3) is 5.56 Å². The number of hydrogen-bond acceptors (Lipinski definition) is 6. The molecule has 0 bridgehead atoms. The monoisotopic (exact) mass is 453 g/mol. The molecule has 3 rings (SSSR count). The van der Waals surface area contributed by atoms with Crippen molar-refractivity contribution in [1.29, 1.82) is 0 Å². The molecule has 0 fully saturated rings. The zero-order valence-electron chi connectivity index (χ0n) is 16.5. The Bertz CT molecular complexity index is 1110. The van der Waals surface area contributed by atoms with E-state index in [2.05, 4.69) is 9.97 Å². The van der Waals surface area contributed by atoms with Crippen LogP contribution in [0, 0.1) is 6.92 Å². The molecule has 2 aromatic heterocycles. The number of benzene rings is 1. The van der Waals surface area contributed by atoms with E-state index in [1.165, 1.54) is 11.3 Å². The maximum atomic E-state index is 12.7. The van der Waals surface area contributed by atoms with Crippen LogP contribution in [0.15, 0.2) is 23.0 Å². The number of H-pyrrole nitrogens is 1. The minimum absolute atomic E-state index is 0.182. The summed E-state index contributed by atoms with van der Waals surface area (Å²) in [4.78, 5) is 35.3. The number of esters is 1. The second kappa shape index (κ2) is 8.83. The molecule has 1 unspecified atom stereocenters. The summed E-state index contributed by atoms with van der Waals surface area (Å²) in [5.74, 6) is 0.0896. The van der Waals surface area contributed by atoms with Crippen molar-refractivity contribution >= 4 is 50.7 Å². The van der Waals surface area contributed by atoms with Gasteiger partial charge in [-0.1, -0.05) is 23.2 Å². The Hall–Kier alpha value is -1.93. The van der Waals surface area contributed by atoms with Crippen LogP contribution in [0.4, 0.5) is 0 Å². The molecule has 29 heavy (non-hydrogen) atoms. The molecule has 2 heterocycles. The molecule has 0 saturated heterocycles. The highest BCUT2D eigenvalue weighted by atomic mass is 35.5. The molecule has 3 aromatic rings. The average Bonchev–Trinajstić information content (AvgIpc) is 2.97. The normalized spacial score (nSPS) is 12.5. The highest BCUT2D eigenvalue weighted by Gasteiger charge is 2.22. The molecule has 1 atom stereocenters. The summed E-state index contributed by atoms with van der Waals surface area (Å²) < 4.78 is 5.08. The van der Waals surface area contributed by atoms with Gasteiger partial charge in [0, 0.05) is 16.6 Å². The van der Waals surface area contributed by atoms with Crippen LogP contribution in [-0.4, -0.2) is 34.5 Å². The summed E-state index contributed by atoms with van der Waals surface area (Å²) in [7, 11) is 1.92. The molecule has 0 saturated carbocycles. The second-order valence-electron chi connectivity index (χ2n) is 6.78. The Morgan fingerprint density at radius 3 is 2.59 bits per heavy atom. The number of thiophene rings is 1. The van der Waals surface area contributed by atoms with Gasteiger partial charge in [-0.05, 0) is 57.1 Å². The number of nitrogens with zero attached hydrogens (tertiary/aromatic N) is 2. The third-order valence-corrected chi connectivity index (χ3v) is 6.29. The molecule has 9 heteroatoms. The van der Waals surface area contributed by atoms with Gasteiger partial charge in [0.1, 0.15) is 15.5 Å². The van der Waals surface area contributed by atoms with Crippen molar-refractivity contribution in [3.05, 3.63) is 60.4 Å². The van der Waals surface area contributed by atoms with Crippen molar-refractivity contribution in [2.45, 2.75) is 33.4 Å². The molecular formula is C20H21Cl2N3O3S. The van der Waals surface area contributed by atoms with Crippen molar-refractivity contribution in [3.8, 4) is 0 Å². The number of aryl methyl sites for hydroxylation is 1. The number of halogens is 2. The molecule has 1 aromatic carbocycles. The van der Waals surface area contributed by atoms with E-state index in [1.807, 2.05) is 31.0 Å². The number of nitrogens with one attached hydrogen (secondary N) is 1. The van der Waals surface area contributed by atoms with Crippen molar-refractivity contribution in [2.75, 3.05) is 13.7 Å². The van der Waals surface area contributed by atoms with Gasteiger partial charge in [0.2, 0.25) is 0 Å². The highest BCUT2D eigenvalue weighted by Crippen LogP contribution is 2.29. The number of aromatic amines is 1. The van der Waals surface area contributed by atoms with E-state index in [4.69, 9.17) is 27.9 Å². The molecule has 6 nitrogen and oxygen atoms in total. The van der Waals surface area contributed by atoms with Crippen molar-refractivity contribution in [3.63, 3.8) is 0 Å². The van der Waals surface area contributed by atoms with Gasteiger partial charge < -0.3 is 9.72 Å². The van der Waals surface area contributed by atoms with Gasteiger partial charge in [-0.2, -0.15) is 0 Å². The van der Waals surface area contributed by atoms with Crippen LogP contribution in [-0.2, 0) is 11.3 Å². The SMILES string of the molecule is CCOC(=O)c1sc2nc(C(C)N(C)Cc3cc(Cl)cc(Cl)c3)[nH]c(=O)c2c1C.